The Morgan fingerprint density at radius 3 is 2.09 bits per heavy atom. The predicted octanol–water partition coefficient (Wildman–Crippen LogP) is 2.53. The predicted molar refractivity (Wildman–Crippen MR) is 46.7 cm³/mol. The molecule has 0 spiro atoms. The molecule has 11 heavy (non-hydrogen) atoms. The quantitative estimate of drug-likeness (QED) is 0.603. The summed E-state index contributed by atoms with van der Waals surface area (Å²) in [5, 5.41) is 0.605. The monoisotopic (exact) mass is 178 g/mol. The Morgan fingerprint density at radius 1 is 1.36 bits per heavy atom. The summed E-state index contributed by atoms with van der Waals surface area (Å²) in [6.07, 6.45) is 1.40. The Balaban J connectivity index is 3.87. The molecule has 0 unspecified atom stereocenters. The summed E-state index contributed by atoms with van der Waals surface area (Å²) in [7, 11) is 0. The number of hydrogen-bond donors (Lipinski definition) is 0. The van der Waals surface area contributed by atoms with Crippen LogP contribution < -0.4 is 0 Å². The molecule has 0 aromatic rings. The van der Waals surface area contributed by atoms with E-state index in [2.05, 4.69) is 0 Å². The Morgan fingerprint density at radius 2 is 1.82 bits per heavy atom. The molecule has 3 heteroatoms. The molecule has 66 valence electrons. The van der Waals surface area contributed by atoms with Crippen molar-refractivity contribution in [1.82, 2.24) is 0 Å². The van der Waals surface area contributed by atoms with E-state index in [1.165, 1.54) is 0 Å². The normalized spacial score (nSPS) is 12.6. The Labute approximate surface area is 73.1 Å². The zero-order valence-electron chi connectivity index (χ0n) is 7.26. The van der Waals surface area contributed by atoms with Gasteiger partial charge in [0.1, 0.15) is 0 Å². The van der Waals surface area contributed by atoms with Crippen LogP contribution in [0.25, 0.3) is 0 Å². The van der Waals surface area contributed by atoms with Crippen LogP contribution in [0.1, 0.15) is 20.8 Å². The fraction of sp³-hybridized carbons (Fsp3) is 0.750. The minimum atomic E-state index is -0.378. The van der Waals surface area contributed by atoms with Gasteiger partial charge in [0.2, 0.25) is 0 Å². The third kappa shape index (κ3) is 4.40. The van der Waals surface area contributed by atoms with Crippen LogP contribution in [0.3, 0.4) is 0 Å². The van der Waals surface area contributed by atoms with Gasteiger partial charge >= 0.3 is 0 Å². The standard InChI is InChI=1S/C8H15ClO2/c1-4-7(9)8(10-5-2)11-6-3/h4,8H,5-6H2,1-3H3/b7-4+. The van der Waals surface area contributed by atoms with Crippen molar-refractivity contribution in [2.75, 3.05) is 13.2 Å². The summed E-state index contributed by atoms with van der Waals surface area (Å²) in [5.74, 6) is 0. The van der Waals surface area contributed by atoms with E-state index in [0.29, 0.717) is 18.2 Å². The van der Waals surface area contributed by atoms with E-state index in [0.717, 1.165) is 0 Å². The molecule has 0 amide bonds. The SMILES string of the molecule is C/C=C(/Cl)C(OCC)OCC. The van der Waals surface area contributed by atoms with Crippen LogP contribution >= 0.6 is 11.6 Å². The Bertz CT molecular complexity index is 117. The molecule has 0 aliphatic carbocycles. The van der Waals surface area contributed by atoms with E-state index < -0.39 is 0 Å². The topological polar surface area (TPSA) is 18.5 Å². The lowest BCUT2D eigenvalue weighted by atomic mass is 10.5. The maximum absolute atomic E-state index is 5.80. The smallest absolute Gasteiger partial charge is 0.194 e. The lowest BCUT2D eigenvalue weighted by Crippen LogP contribution is -2.17. The van der Waals surface area contributed by atoms with Crippen molar-refractivity contribution in [2.45, 2.75) is 27.1 Å². The molecule has 0 aliphatic rings. The third-order valence-corrected chi connectivity index (χ3v) is 1.53. The van der Waals surface area contributed by atoms with E-state index >= 15 is 0 Å². The van der Waals surface area contributed by atoms with Gasteiger partial charge in [0.25, 0.3) is 0 Å². The van der Waals surface area contributed by atoms with Crippen LogP contribution in [0.5, 0.6) is 0 Å². The van der Waals surface area contributed by atoms with Gasteiger partial charge < -0.3 is 9.47 Å². The number of hydrogen-bond acceptors (Lipinski definition) is 2. The van der Waals surface area contributed by atoms with E-state index in [1.54, 1.807) is 6.08 Å². The van der Waals surface area contributed by atoms with Crippen LogP contribution in [0, 0.1) is 0 Å². The van der Waals surface area contributed by atoms with Crippen LogP contribution in [-0.4, -0.2) is 19.5 Å². The largest absolute Gasteiger partial charge is 0.348 e. The van der Waals surface area contributed by atoms with Gasteiger partial charge in [-0.3, -0.25) is 0 Å². The average Bonchev–Trinajstić information content (AvgIpc) is 2.03. The lowest BCUT2D eigenvalue weighted by molar-refractivity contribution is -0.106. The molecule has 2 nitrogen and oxygen atoms in total. The van der Waals surface area contributed by atoms with E-state index in [-0.39, 0.29) is 6.29 Å². The first kappa shape index (κ1) is 11.0. The van der Waals surface area contributed by atoms with Crippen molar-refractivity contribution in [3.63, 3.8) is 0 Å². The Hall–Kier alpha value is -0.0500. The molecule has 0 aliphatic heterocycles. The molecule has 0 saturated carbocycles. The number of ether oxygens (including phenoxy) is 2. The van der Waals surface area contributed by atoms with Crippen molar-refractivity contribution in [1.29, 1.82) is 0 Å². The van der Waals surface area contributed by atoms with Gasteiger partial charge in [-0.1, -0.05) is 17.7 Å². The lowest BCUT2D eigenvalue weighted by Gasteiger charge is -2.15. The summed E-state index contributed by atoms with van der Waals surface area (Å²) in [6.45, 7) is 6.88. The highest BCUT2D eigenvalue weighted by Gasteiger charge is 2.10. The molecule has 0 N–H and O–H groups in total. The summed E-state index contributed by atoms with van der Waals surface area (Å²) < 4.78 is 10.4. The van der Waals surface area contributed by atoms with Gasteiger partial charge in [-0.2, -0.15) is 0 Å². The zero-order chi connectivity index (χ0) is 8.69. The van der Waals surface area contributed by atoms with E-state index in [1.807, 2.05) is 20.8 Å². The molecule has 0 aromatic heterocycles. The zero-order valence-corrected chi connectivity index (χ0v) is 8.02. The van der Waals surface area contributed by atoms with E-state index in [9.17, 15) is 0 Å². The maximum Gasteiger partial charge on any atom is 0.194 e. The molecular weight excluding hydrogens is 164 g/mol. The molecule has 0 rings (SSSR count). The highest BCUT2D eigenvalue weighted by molar-refractivity contribution is 6.30. The van der Waals surface area contributed by atoms with Gasteiger partial charge in [0.15, 0.2) is 6.29 Å². The second-order valence-electron chi connectivity index (χ2n) is 1.92. The highest BCUT2D eigenvalue weighted by Crippen LogP contribution is 2.12. The molecule has 0 atom stereocenters. The molecular formula is C8H15ClO2. The van der Waals surface area contributed by atoms with Crippen LogP contribution in [0.2, 0.25) is 0 Å². The number of rotatable bonds is 5. The summed E-state index contributed by atoms with van der Waals surface area (Å²) >= 11 is 5.80. The first-order valence-electron chi connectivity index (χ1n) is 3.81. The summed E-state index contributed by atoms with van der Waals surface area (Å²) in [4.78, 5) is 0. The average molecular weight is 179 g/mol. The van der Waals surface area contributed by atoms with Gasteiger partial charge in [-0.05, 0) is 20.8 Å². The maximum atomic E-state index is 5.80. The molecule has 0 heterocycles. The second kappa shape index (κ2) is 6.65. The van der Waals surface area contributed by atoms with Gasteiger partial charge in [-0.15, -0.1) is 0 Å². The fourth-order valence-corrected chi connectivity index (χ4v) is 0.772. The molecule has 0 saturated heterocycles. The van der Waals surface area contributed by atoms with Crippen molar-refractivity contribution >= 4 is 11.6 Å². The van der Waals surface area contributed by atoms with Gasteiger partial charge in [0.05, 0.1) is 5.03 Å². The number of allylic oxidation sites excluding steroid dienone is 1. The molecule has 0 aromatic carbocycles. The van der Waals surface area contributed by atoms with E-state index in [4.69, 9.17) is 21.1 Å². The van der Waals surface area contributed by atoms with Gasteiger partial charge in [-0.25, -0.2) is 0 Å². The van der Waals surface area contributed by atoms with Crippen molar-refractivity contribution in [3.8, 4) is 0 Å². The van der Waals surface area contributed by atoms with Crippen LogP contribution in [0.4, 0.5) is 0 Å². The van der Waals surface area contributed by atoms with Crippen LogP contribution in [0.15, 0.2) is 11.1 Å². The highest BCUT2D eigenvalue weighted by atomic mass is 35.5. The number of halogens is 1. The fourth-order valence-electron chi connectivity index (χ4n) is 0.646. The minimum Gasteiger partial charge on any atom is -0.348 e. The molecule has 0 bridgehead atoms. The minimum absolute atomic E-state index is 0.378. The van der Waals surface area contributed by atoms with Crippen molar-refractivity contribution in [2.24, 2.45) is 0 Å². The molecule has 0 radical (unpaired) electrons. The summed E-state index contributed by atoms with van der Waals surface area (Å²) in [6, 6.07) is 0. The van der Waals surface area contributed by atoms with Crippen molar-refractivity contribution in [3.05, 3.63) is 11.1 Å². The second-order valence-corrected chi connectivity index (χ2v) is 2.35. The first-order chi connectivity index (χ1) is 5.26. The van der Waals surface area contributed by atoms with Crippen LogP contribution in [-0.2, 0) is 9.47 Å². The molecule has 0 fully saturated rings. The summed E-state index contributed by atoms with van der Waals surface area (Å²) in [5.41, 5.74) is 0. The Kier molecular flexibility index (Phi) is 6.62. The third-order valence-electron chi connectivity index (χ3n) is 1.14. The first-order valence-corrected chi connectivity index (χ1v) is 4.18. The van der Waals surface area contributed by atoms with Gasteiger partial charge in [0, 0.05) is 13.2 Å². The van der Waals surface area contributed by atoms with Crippen molar-refractivity contribution < 1.29 is 9.47 Å².